The number of benzene rings is 1. The van der Waals surface area contributed by atoms with Crippen LogP contribution >= 0.6 is 23.4 Å². The summed E-state index contributed by atoms with van der Waals surface area (Å²) in [6.07, 6.45) is 0. The lowest BCUT2D eigenvalue weighted by Gasteiger charge is -2.08. The summed E-state index contributed by atoms with van der Waals surface area (Å²) in [6, 6.07) is 7.38. The first-order chi connectivity index (χ1) is 8.60. The Hall–Kier alpha value is -1.10. The number of aromatic nitrogens is 2. The summed E-state index contributed by atoms with van der Waals surface area (Å²) in [7, 11) is 0. The smallest absolute Gasteiger partial charge is 0.192 e. The number of aliphatic hydroxyl groups excluding tert-OH is 1. The number of rotatable bonds is 3. The zero-order valence-electron chi connectivity index (χ0n) is 10.1. The van der Waals surface area contributed by atoms with Gasteiger partial charge in [0.25, 0.3) is 0 Å². The molecule has 94 valence electrons. The molecule has 1 N–H and O–H groups in total. The van der Waals surface area contributed by atoms with E-state index >= 15 is 0 Å². The van der Waals surface area contributed by atoms with Crippen molar-refractivity contribution in [2.24, 2.45) is 0 Å². The van der Waals surface area contributed by atoms with E-state index in [0.717, 1.165) is 21.8 Å². The number of hydrogen-bond donors (Lipinski definition) is 1. The molecule has 18 heavy (non-hydrogen) atoms. The normalized spacial score (nSPS) is 10.7. The van der Waals surface area contributed by atoms with Gasteiger partial charge in [-0.05, 0) is 43.3 Å². The summed E-state index contributed by atoms with van der Waals surface area (Å²) in [4.78, 5) is 9.53. The van der Waals surface area contributed by atoms with Gasteiger partial charge in [0, 0.05) is 16.3 Å². The van der Waals surface area contributed by atoms with E-state index in [9.17, 15) is 5.11 Å². The van der Waals surface area contributed by atoms with Gasteiger partial charge in [-0.15, -0.1) is 0 Å². The van der Waals surface area contributed by atoms with Crippen molar-refractivity contribution < 1.29 is 5.11 Å². The van der Waals surface area contributed by atoms with E-state index in [1.165, 1.54) is 11.8 Å². The van der Waals surface area contributed by atoms with E-state index in [1.54, 1.807) is 6.07 Å². The SMILES string of the molecule is Cc1cc(C)nc(Sc2c(Cl)cccc2CO)n1. The minimum Gasteiger partial charge on any atom is -0.392 e. The third-order valence-electron chi connectivity index (χ3n) is 2.37. The lowest BCUT2D eigenvalue weighted by molar-refractivity contribution is 0.279. The van der Waals surface area contributed by atoms with Gasteiger partial charge in [0.1, 0.15) is 0 Å². The Kier molecular flexibility index (Phi) is 4.22. The molecule has 0 unspecified atom stereocenters. The van der Waals surface area contributed by atoms with Gasteiger partial charge in [-0.2, -0.15) is 0 Å². The van der Waals surface area contributed by atoms with Crippen LogP contribution in [-0.4, -0.2) is 15.1 Å². The summed E-state index contributed by atoms with van der Waals surface area (Å²) < 4.78 is 0. The predicted octanol–water partition coefficient (Wildman–Crippen LogP) is 3.39. The van der Waals surface area contributed by atoms with Crippen LogP contribution in [-0.2, 0) is 6.61 Å². The van der Waals surface area contributed by atoms with Crippen LogP contribution in [0.2, 0.25) is 5.02 Å². The van der Waals surface area contributed by atoms with Crippen LogP contribution in [0.25, 0.3) is 0 Å². The molecule has 0 fully saturated rings. The van der Waals surface area contributed by atoms with E-state index < -0.39 is 0 Å². The number of nitrogens with zero attached hydrogens (tertiary/aromatic N) is 2. The van der Waals surface area contributed by atoms with Crippen LogP contribution in [0.1, 0.15) is 17.0 Å². The predicted molar refractivity (Wildman–Crippen MR) is 73.0 cm³/mol. The minimum absolute atomic E-state index is 0.0479. The Labute approximate surface area is 115 Å². The molecule has 1 aromatic carbocycles. The fourth-order valence-electron chi connectivity index (χ4n) is 1.62. The van der Waals surface area contributed by atoms with Gasteiger partial charge >= 0.3 is 0 Å². The molecule has 0 aliphatic heterocycles. The number of aryl methyl sites for hydroxylation is 2. The maximum absolute atomic E-state index is 9.32. The number of hydrogen-bond acceptors (Lipinski definition) is 4. The Balaban J connectivity index is 2.39. The first-order valence-corrected chi connectivity index (χ1v) is 6.68. The molecule has 0 aliphatic carbocycles. The molecule has 2 rings (SSSR count). The van der Waals surface area contributed by atoms with Crippen LogP contribution in [0.4, 0.5) is 0 Å². The average Bonchev–Trinajstić information content (AvgIpc) is 2.30. The molecular formula is C13H13ClN2OS. The lowest BCUT2D eigenvalue weighted by Crippen LogP contribution is -1.94. The van der Waals surface area contributed by atoms with Crippen molar-refractivity contribution >= 4 is 23.4 Å². The van der Waals surface area contributed by atoms with Crippen LogP contribution in [0, 0.1) is 13.8 Å². The highest BCUT2D eigenvalue weighted by molar-refractivity contribution is 7.99. The number of halogens is 1. The van der Waals surface area contributed by atoms with Gasteiger partial charge in [0.15, 0.2) is 5.16 Å². The largest absolute Gasteiger partial charge is 0.392 e. The first kappa shape index (κ1) is 13.3. The molecule has 3 nitrogen and oxygen atoms in total. The summed E-state index contributed by atoms with van der Waals surface area (Å²) in [5.41, 5.74) is 2.63. The summed E-state index contributed by atoms with van der Waals surface area (Å²) in [5, 5.41) is 10.6. The van der Waals surface area contributed by atoms with E-state index in [-0.39, 0.29) is 6.61 Å². The van der Waals surface area contributed by atoms with Gasteiger partial charge in [-0.1, -0.05) is 23.7 Å². The zero-order chi connectivity index (χ0) is 13.1. The molecule has 0 saturated heterocycles. The Bertz CT molecular complexity index is 555. The highest BCUT2D eigenvalue weighted by Gasteiger charge is 2.10. The quantitative estimate of drug-likeness (QED) is 0.876. The summed E-state index contributed by atoms with van der Waals surface area (Å²) in [5.74, 6) is 0. The molecule has 0 bridgehead atoms. The molecule has 0 atom stereocenters. The van der Waals surface area contributed by atoms with Crippen LogP contribution < -0.4 is 0 Å². The van der Waals surface area contributed by atoms with Crippen molar-refractivity contribution in [2.45, 2.75) is 30.5 Å². The van der Waals surface area contributed by atoms with Crippen molar-refractivity contribution in [2.75, 3.05) is 0 Å². The lowest BCUT2D eigenvalue weighted by atomic mass is 10.2. The molecule has 0 aliphatic rings. The van der Waals surface area contributed by atoms with Crippen molar-refractivity contribution in [3.05, 3.63) is 46.2 Å². The van der Waals surface area contributed by atoms with Crippen LogP contribution in [0.3, 0.4) is 0 Å². The van der Waals surface area contributed by atoms with Gasteiger partial charge < -0.3 is 5.11 Å². The van der Waals surface area contributed by atoms with E-state index in [2.05, 4.69) is 9.97 Å². The third kappa shape index (κ3) is 3.02. The average molecular weight is 281 g/mol. The highest BCUT2D eigenvalue weighted by Crippen LogP contribution is 2.34. The van der Waals surface area contributed by atoms with Gasteiger partial charge in [-0.3, -0.25) is 0 Å². The first-order valence-electron chi connectivity index (χ1n) is 5.48. The standard InChI is InChI=1S/C13H13ClN2OS/c1-8-6-9(2)16-13(15-8)18-12-10(7-17)4-3-5-11(12)14/h3-6,17H,7H2,1-2H3. The highest BCUT2D eigenvalue weighted by atomic mass is 35.5. The summed E-state index contributed by atoms with van der Waals surface area (Å²) in [6.45, 7) is 3.81. The van der Waals surface area contributed by atoms with Gasteiger partial charge in [-0.25, -0.2) is 9.97 Å². The summed E-state index contributed by atoms with van der Waals surface area (Å²) >= 11 is 7.53. The molecule has 1 heterocycles. The van der Waals surface area contributed by atoms with E-state index in [4.69, 9.17) is 11.6 Å². The van der Waals surface area contributed by atoms with Gasteiger partial charge in [0.2, 0.25) is 0 Å². The maximum atomic E-state index is 9.32. The number of aliphatic hydroxyl groups is 1. The van der Waals surface area contributed by atoms with Crippen LogP contribution in [0.5, 0.6) is 0 Å². The molecule has 0 saturated carbocycles. The Morgan fingerprint density at radius 2 is 1.89 bits per heavy atom. The molecule has 0 spiro atoms. The second-order valence-electron chi connectivity index (χ2n) is 3.92. The Morgan fingerprint density at radius 1 is 1.22 bits per heavy atom. The molecular weight excluding hydrogens is 268 g/mol. The molecule has 0 radical (unpaired) electrons. The second-order valence-corrected chi connectivity index (χ2v) is 5.31. The van der Waals surface area contributed by atoms with Crippen molar-refractivity contribution in [3.8, 4) is 0 Å². The molecule has 2 aromatic rings. The zero-order valence-corrected chi connectivity index (χ0v) is 11.7. The van der Waals surface area contributed by atoms with Crippen molar-refractivity contribution in [1.82, 2.24) is 9.97 Å². The van der Waals surface area contributed by atoms with Crippen molar-refractivity contribution in [3.63, 3.8) is 0 Å². The fourth-order valence-corrected chi connectivity index (χ4v) is 2.92. The third-order valence-corrected chi connectivity index (χ3v) is 3.85. The second kappa shape index (κ2) is 5.69. The maximum Gasteiger partial charge on any atom is 0.192 e. The molecule has 1 aromatic heterocycles. The molecule has 0 amide bonds. The van der Waals surface area contributed by atoms with Gasteiger partial charge in [0.05, 0.1) is 11.6 Å². The van der Waals surface area contributed by atoms with Crippen LogP contribution in [0.15, 0.2) is 34.3 Å². The molecule has 5 heteroatoms. The monoisotopic (exact) mass is 280 g/mol. The Morgan fingerprint density at radius 3 is 2.50 bits per heavy atom. The minimum atomic E-state index is -0.0479. The van der Waals surface area contributed by atoms with E-state index in [0.29, 0.717) is 10.2 Å². The fraction of sp³-hybridized carbons (Fsp3) is 0.231. The topological polar surface area (TPSA) is 46.0 Å². The van der Waals surface area contributed by atoms with Crippen molar-refractivity contribution in [1.29, 1.82) is 0 Å². The van der Waals surface area contributed by atoms with E-state index in [1.807, 2.05) is 32.0 Å².